The molecule has 2 N–H and O–H groups in total. The van der Waals surface area contributed by atoms with Crippen molar-refractivity contribution in [3.05, 3.63) is 95.1 Å². The maximum atomic E-state index is 13.2. The molecule has 5 rings (SSSR count). The van der Waals surface area contributed by atoms with Gasteiger partial charge in [0.2, 0.25) is 5.91 Å². The molecule has 3 aromatic rings. The standard InChI is InChI=1S/C29H29N3O5/c1-18-6-8-19(9-7-18)17-32-25(28(34)31-23-14-15-23)26(37-29(32)35)20-10-12-22(13-11-20)30-27(33)21-4-3-5-24(16-21)36-2/h3-13,16,23,25-26H,14-15,17H2,1-2H3,(H,30,33)(H,31,34). The fourth-order valence-corrected chi connectivity index (χ4v) is 4.34. The van der Waals surface area contributed by atoms with Crippen molar-refractivity contribution < 1.29 is 23.9 Å². The number of methoxy groups -OCH3 is 1. The molecule has 3 amide bonds. The van der Waals surface area contributed by atoms with Gasteiger partial charge in [-0.1, -0.05) is 48.0 Å². The molecule has 1 aliphatic heterocycles. The lowest BCUT2D eigenvalue weighted by Gasteiger charge is -2.24. The van der Waals surface area contributed by atoms with Gasteiger partial charge in [0.15, 0.2) is 12.1 Å². The summed E-state index contributed by atoms with van der Waals surface area (Å²) in [6.45, 7) is 2.27. The van der Waals surface area contributed by atoms with E-state index in [4.69, 9.17) is 9.47 Å². The molecule has 0 aromatic heterocycles. The van der Waals surface area contributed by atoms with E-state index in [0.717, 1.165) is 24.0 Å². The number of carbonyl (C=O) groups excluding carboxylic acids is 3. The summed E-state index contributed by atoms with van der Waals surface area (Å²) in [6.07, 6.45) is 0.589. The number of nitrogens with zero attached hydrogens (tertiary/aromatic N) is 1. The maximum absolute atomic E-state index is 13.2. The molecule has 0 bridgehead atoms. The van der Waals surface area contributed by atoms with Crippen molar-refractivity contribution in [3.8, 4) is 5.75 Å². The summed E-state index contributed by atoms with van der Waals surface area (Å²) < 4.78 is 10.9. The lowest BCUT2D eigenvalue weighted by Crippen LogP contribution is -2.46. The largest absolute Gasteiger partial charge is 0.497 e. The molecule has 190 valence electrons. The van der Waals surface area contributed by atoms with Crippen molar-refractivity contribution in [1.29, 1.82) is 0 Å². The highest BCUT2D eigenvalue weighted by Gasteiger charge is 2.47. The van der Waals surface area contributed by atoms with Gasteiger partial charge in [-0.15, -0.1) is 0 Å². The Hall–Kier alpha value is -4.33. The predicted octanol–water partition coefficient (Wildman–Crippen LogP) is 4.60. The van der Waals surface area contributed by atoms with Crippen LogP contribution >= 0.6 is 0 Å². The van der Waals surface area contributed by atoms with Crippen LogP contribution in [0.5, 0.6) is 5.75 Å². The van der Waals surface area contributed by atoms with Crippen LogP contribution in [-0.2, 0) is 16.1 Å². The molecule has 0 spiro atoms. The second-order valence-corrected chi connectivity index (χ2v) is 9.45. The van der Waals surface area contributed by atoms with Gasteiger partial charge in [0, 0.05) is 17.3 Å². The lowest BCUT2D eigenvalue weighted by atomic mass is 10.00. The summed E-state index contributed by atoms with van der Waals surface area (Å²) >= 11 is 0. The van der Waals surface area contributed by atoms with E-state index in [-0.39, 0.29) is 24.4 Å². The van der Waals surface area contributed by atoms with Crippen molar-refractivity contribution in [2.24, 2.45) is 0 Å². The molecule has 1 saturated carbocycles. The van der Waals surface area contributed by atoms with Gasteiger partial charge < -0.3 is 20.1 Å². The number of nitrogens with one attached hydrogen (secondary N) is 2. The van der Waals surface area contributed by atoms with Crippen LogP contribution in [0.25, 0.3) is 0 Å². The highest BCUT2D eigenvalue weighted by atomic mass is 16.6. The zero-order valence-electron chi connectivity index (χ0n) is 20.8. The number of hydrogen-bond acceptors (Lipinski definition) is 5. The average molecular weight is 500 g/mol. The Morgan fingerprint density at radius 3 is 2.43 bits per heavy atom. The minimum absolute atomic E-state index is 0.152. The number of amides is 3. The van der Waals surface area contributed by atoms with E-state index in [2.05, 4.69) is 10.6 Å². The number of aryl methyl sites for hydroxylation is 1. The SMILES string of the molecule is COc1cccc(C(=O)Nc2ccc(C3OC(=O)N(Cc4ccc(C)cc4)C3C(=O)NC3CC3)cc2)c1. The molecule has 2 unspecified atom stereocenters. The van der Waals surface area contributed by atoms with Crippen LogP contribution < -0.4 is 15.4 Å². The Balaban J connectivity index is 1.34. The Bertz CT molecular complexity index is 1300. The monoisotopic (exact) mass is 499 g/mol. The first-order valence-electron chi connectivity index (χ1n) is 12.3. The van der Waals surface area contributed by atoms with Gasteiger partial charge >= 0.3 is 6.09 Å². The minimum Gasteiger partial charge on any atom is -0.497 e. The van der Waals surface area contributed by atoms with Gasteiger partial charge in [0.1, 0.15) is 5.75 Å². The van der Waals surface area contributed by atoms with E-state index >= 15 is 0 Å². The number of rotatable bonds is 8. The van der Waals surface area contributed by atoms with Gasteiger partial charge in [-0.2, -0.15) is 0 Å². The molecule has 2 aliphatic rings. The van der Waals surface area contributed by atoms with Gasteiger partial charge in [-0.3, -0.25) is 14.5 Å². The van der Waals surface area contributed by atoms with Gasteiger partial charge in [-0.05, 0) is 61.2 Å². The summed E-state index contributed by atoms with van der Waals surface area (Å²) in [7, 11) is 1.55. The Kier molecular flexibility index (Phi) is 6.81. The van der Waals surface area contributed by atoms with Crippen molar-refractivity contribution >= 4 is 23.6 Å². The predicted molar refractivity (Wildman–Crippen MR) is 138 cm³/mol. The highest BCUT2D eigenvalue weighted by Crippen LogP contribution is 2.35. The summed E-state index contributed by atoms with van der Waals surface area (Å²) in [5, 5.41) is 5.88. The Morgan fingerprint density at radius 2 is 1.76 bits per heavy atom. The molecule has 2 fully saturated rings. The van der Waals surface area contributed by atoms with Crippen LogP contribution in [0.4, 0.5) is 10.5 Å². The first-order valence-corrected chi connectivity index (χ1v) is 12.3. The Morgan fingerprint density at radius 1 is 1.03 bits per heavy atom. The topological polar surface area (TPSA) is 97.0 Å². The van der Waals surface area contributed by atoms with Gasteiger partial charge in [0.05, 0.1) is 13.7 Å². The molecule has 8 nitrogen and oxygen atoms in total. The van der Waals surface area contributed by atoms with Crippen LogP contribution in [0.3, 0.4) is 0 Å². The maximum Gasteiger partial charge on any atom is 0.411 e. The van der Waals surface area contributed by atoms with E-state index in [9.17, 15) is 14.4 Å². The number of hydrogen-bond donors (Lipinski definition) is 2. The van der Waals surface area contributed by atoms with E-state index in [1.807, 2.05) is 31.2 Å². The third kappa shape index (κ3) is 5.58. The number of anilines is 1. The second-order valence-electron chi connectivity index (χ2n) is 9.45. The fourth-order valence-electron chi connectivity index (χ4n) is 4.34. The number of ether oxygens (including phenoxy) is 2. The summed E-state index contributed by atoms with van der Waals surface area (Å²) in [6, 6.07) is 21.1. The summed E-state index contributed by atoms with van der Waals surface area (Å²) in [4.78, 5) is 40.3. The van der Waals surface area contributed by atoms with Crippen molar-refractivity contribution in [2.45, 2.75) is 44.5 Å². The molecule has 37 heavy (non-hydrogen) atoms. The molecular weight excluding hydrogens is 470 g/mol. The third-order valence-corrected chi connectivity index (χ3v) is 6.58. The van der Waals surface area contributed by atoms with E-state index in [0.29, 0.717) is 22.6 Å². The van der Waals surface area contributed by atoms with E-state index in [1.165, 1.54) is 4.90 Å². The number of cyclic esters (lactones) is 1. The summed E-state index contributed by atoms with van der Waals surface area (Å²) in [5.74, 6) is 0.0996. The first-order chi connectivity index (χ1) is 17.9. The Labute approximate surface area is 215 Å². The first kappa shape index (κ1) is 24.4. The van der Waals surface area contributed by atoms with Crippen molar-refractivity contribution in [1.82, 2.24) is 10.2 Å². The number of carbonyl (C=O) groups is 3. The minimum atomic E-state index is -0.799. The summed E-state index contributed by atoms with van der Waals surface area (Å²) in [5.41, 5.74) is 3.76. The third-order valence-electron chi connectivity index (χ3n) is 6.58. The zero-order valence-corrected chi connectivity index (χ0v) is 20.8. The van der Waals surface area contributed by atoms with Crippen LogP contribution in [0.2, 0.25) is 0 Å². The van der Waals surface area contributed by atoms with E-state index < -0.39 is 18.2 Å². The molecule has 0 radical (unpaired) electrons. The van der Waals surface area contributed by atoms with E-state index in [1.54, 1.807) is 55.6 Å². The quantitative estimate of drug-likeness (QED) is 0.472. The van der Waals surface area contributed by atoms with Crippen LogP contribution in [0.15, 0.2) is 72.8 Å². The molecule has 8 heteroatoms. The molecular formula is C29H29N3O5. The fraction of sp³-hybridized carbons (Fsp3) is 0.276. The highest BCUT2D eigenvalue weighted by molar-refractivity contribution is 6.04. The van der Waals surface area contributed by atoms with Crippen molar-refractivity contribution in [3.63, 3.8) is 0 Å². The lowest BCUT2D eigenvalue weighted by molar-refractivity contribution is -0.126. The second kappa shape index (κ2) is 10.3. The van der Waals surface area contributed by atoms with Crippen LogP contribution in [0, 0.1) is 6.92 Å². The average Bonchev–Trinajstić information content (AvgIpc) is 3.67. The van der Waals surface area contributed by atoms with Gasteiger partial charge in [0.25, 0.3) is 5.91 Å². The molecule has 2 atom stereocenters. The smallest absolute Gasteiger partial charge is 0.411 e. The molecule has 1 saturated heterocycles. The van der Waals surface area contributed by atoms with Gasteiger partial charge in [-0.25, -0.2) is 4.79 Å². The zero-order chi connectivity index (χ0) is 25.9. The van der Waals surface area contributed by atoms with Crippen molar-refractivity contribution in [2.75, 3.05) is 12.4 Å². The molecule has 3 aromatic carbocycles. The molecule has 1 aliphatic carbocycles. The molecule has 1 heterocycles. The van der Waals surface area contributed by atoms with Crippen LogP contribution in [-0.4, -0.2) is 42.0 Å². The normalized spacial score (nSPS) is 18.8. The van der Waals surface area contributed by atoms with Crippen LogP contribution in [0.1, 0.15) is 46.0 Å². The number of benzene rings is 3.